The van der Waals surface area contributed by atoms with Gasteiger partial charge in [0.15, 0.2) is 0 Å². The van der Waals surface area contributed by atoms with E-state index in [0.29, 0.717) is 0 Å². The van der Waals surface area contributed by atoms with Crippen LogP contribution in [0.25, 0.3) is 10.8 Å². The molecule has 0 atom stereocenters. The second-order valence-corrected chi connectivity index (χ2v) is 9.37. The Hall–Kier alpha value is -1.48. The molecule has 2 aromatic carbocycles. The Labute approximate surface area is 97.2 Å². The highest BCUT2D eigenvalue weighted by Gasteiger charge is 2.16. The van der Waals surface area contributed by atoms with Gasteiger partial charge in [0.2, 0.25) is 8.32 Å². The Morgan fingerprint density at radius 2 is 1.81 bits per heavy atom. The molecule has 2 rings (SSSR count). The molecule has 0 spiro atoms. The summed E-state index contributed by atoms with van der Waals surface area (Å²) in [6.45, 7) is 6.52. The van der Waals surface area contributed by atoms with Gasteiger partial charge in [0.1, 0.15) is 5.75 Å². The van der Waals surface area contributed by atoms with Gasteiger partial charge in [-0.2, -0.15) is 0 Å². The fraction of sp³-hybridized carbons (Fsp3) is 0.231. The molecule has 16 heavy (non-hydrogen) atoms. The van der Waals surface area contributed by atoms with Crippen molar-refractivity contribution >= 4 is 24.8 Å². The predicted octanol–water partition coefficient (Wildman–Crippen LogP) is 3.64. The molecule has 0 aliphatic rings. The van der Waals surface area contributed by atoms with Crippen molar-refractivity contribution in [2.45, 2.75) is 19.6 Å². The molecule has 0 amide bonds. The van der Waals surface area contributed by atoms with Crippen LogP contribution in [0.1, 0.15) is 0 Å². The highest BCUT2D eigenvalue weighted by atomic mass is 28.4. The summed E-state index contributed by atoms with van der Waals surface area (Å²) in [6.07, 6.45) is 0. The average molecular weight is 231 g/mol. The van der Waals surface area contributed by atoms with Crippen LogP contribution in [0.3, 0.4) is 0 Å². The minimum atomic E-state index is -1.54. The van der Waals surface area contributed by atoms with E-state index in [0.717, 1.165) is 22.2 Å². The van der Waals surface area contributed by atoms with Gasteiger partial charge in [-0.1, -0.05) is 18.2 Å². The first-order valence-corrected chi connectivity index (χ1v) is 8.84. The number of fused-ring (bicyclic) bond motifs is 1. The van der Waals surface area contributed by atoms with Crippen LogP contribution in [0.5, 0.6) is 5.75 Å². The van der Waals surface area contributed by atoms with Crippen LogP contribution in [0, 0.1) is 0 Å². The van der Waals surface area contributed by atoms with Gasteiger partial charge in [-0.05, 0) is 43.2 Å². The third-order valence-corrected chi connectivity index (χ3v) is 3.16. The molecule has 0 unspecified atom stereocenters. The molecule has 2 N–H and O–H groups in total. The van der Waals surface area contributed by atoms with E-state index < -0.39 is 8.32 Å². The highest BCUT2D eigenvalue weighted by molar-refractivity contribution is 6.70. The second-order valence-electron chi connectivity index (χ2n) is 4.94. The number of nitrogens with two attached hydrogens (primary N) is 1. The van der Waals surface area contributed by atoms with E-state index in [-0.39, 0.29) is 0 Å². The van der Waals surface area contributed by atoms with Crippen LogP contribution < -0.4 is 10.2 Å². The summed E-state index contributed by atoms with van der Waals surface area (Å²) < 4.78 is 5.95. The minimum absolute atomic E-state index is 0.804. The van der Waals surface area contributed by atoms with Crippen LogP contribution in [-0.2, 0) is 0 Å². The molecule has 84 valence electrons. The summed E-state index contributed by atoms with van der Waals surface area (Å²) in [5, 5.41) is 2.22. The lowest BCUT2D eigenvalue weighted by molar-refractivity contribution is 0.559. The fourth-order valence-corrected chi connectivity index (χ4v) is 2.53. The number of nitrogen functional groups attached to an aromatic ring is 1. The maximum absolute atomic E-state index is 5.95. The lowest BCUT2D eigenvalue weighted by Crippen LogP contribution is -2.29. The molecule has 0 heterocycles. The van der Waals surface area contributed by atoms with Crippen molar-refractivity contribution < 1.29 is 4.43 Å². The Kier molecular flexibility index (Phi) is 2.64. The summed E-state index contributed by atoms with van der Waals surface area (Å²) in [5.41, 5.74) is 6.75. The van der Waals surface area contributed by atoms with Crippen LogP contribution in [0.2, 0.25) is 19.6 Å². The van der Waals surface area contributed by atoms with E-state index in [2.05, 4.69) is 31.8 Å². The Morgan fingerprint density at radius 1 is 1.06 bits per heavy atom. The van der Waals surface area contributed by atoms with Gasteiger partial charge in [0.05, 0.1) is 0 Å². The van der Waals surface area contributed by atoms with Gasteiger partial charge in [0, 0.05) is 11.1 Å². The van der Waals surface area contributed by atoms with Crippen molar-refractivity contribution in [2.75, 3.05) is 5.73 Å². The zero-order valence-electron chi connectivity index (χ0n) is 9.95. The fourth-order valence-electron chi connectivity index (χ4n) is 1.69. The summed E-state index contributed by atoms with van der Waals surface area (Å²) in [5.74, 6) is 0.921. The van der Waals surface area contributed by atoms with Crippen LogP contribution in [0.15, 0.2) is 36.4 Å². The highest BCUT2D eigenvalue weighted by Crippen LogP contribution is 2.26. The van der Waals surface area contributed by atoms with Crippen molar-refractivity contribution in [3.8, 4) is 5.75 Å². The van der Waals surface area contributed by atoms with Gasteiger partial charge in [-0.15, -0.1) is 0 Å². The van der Waals surface area contributed by atoms with Crippen LogP contribution in [0.4, 0.5) is 5.69 Å². The molecule has 2 aromatic rings. The molecular formula is C13H17NOSi. The summed E-state index contributed by atoms with van der Waals surface area (Å²) in [7, 11) is -1.54. The molecule has 2 nitrogen and oxygen atoms in total. The SMILES string of the molecule is C[Si](C)(C)Oc1ccc2cccc(N)c2c1. The van der Waals surface area contributed by atoms with Gasteiger partial charge in [0.25, 0.3) is 0 Å². The number of benzene rings is 2. The van der Waals surface area contributed by atoms with Crippen LogP contribution in [-0.4, -0.2) is 8.32 Å². The zero-order chi connectivity index (χ0) is 11.8. The van der Waals surface area contributed by atoms with Crippen molar-refractivity contribution in [1.82, 2.24) is 0 Å². The largest absolute Gasteiger partial charge is 0.544 e. The lowest BCUT2D eigenvalue weighted by Gasteiger charge is -2.19. The number of hydrogen-bond donors (Lipinski definition) is 1. The standard InChI is InChI=1S/C13H17NOSi/c1-16(2,3)15-11-8-7-10-5-4-6-13(14)12(10)9-11/h4-9H,14H2,1-3H3. The number of anilines is 1. The first-order chi connectivity index (χ1) is 7.46. The zero-order valence-corrected chi connectivity index (χ0v) is 10.9. The topological polar surface area (TPSA) is 35.2 Å². The smallest absolute Gasteiger partial charge is 0.242 e. The second kappa shape index (κ2) is 3.83. The monoisotopic (exact) mass is 231 g/mol. The molecule has 0 radical (unpaired) electrons. The van der Waals surface area contributed by atoms with Gasteiger partial charge in [-0.3, -0.25) is 0 Å². The summed E-state index contributed by atoms with van der Waals surface area (Å²) in [6, 6.07) is 12.0. The molecule has 0 saturated heterocycles. The Balaban J connectivity index is 2.47. The Bertz CT molecular complexity index is 517. The van der Waals surface area contributed by atoms with Crippen molar-refractivity contribution in [3.05, 3.63) is 36.4 Å². The van der Waals surface area contributed by atoms with Crippen LogP contribution >= 0.6 is 0 Å². The van der Waals surface area contributed by atoms with Crippen molar-refractivity contribution in [1.29, 1.82) is 0 Å². The minimum Gasteiger partial charge on any atom is -0.544 e. The van der Waals surface area contributed by atoms with Gasteiger partial charge >= 0.3 is 0 Å². The third kappa shape index (κ3) is 2.36. The van der Waals surface area contributed by atoms with E-state index in [4.69, 9.17) is 10.2 Å². The molecular weight excluding hydrogens is 214 g/mol. The molecule has 0 fully saturated rings. The lowest BCUT2D eigenvalue weighted by atomic mass is 10.1. The summed E-state index contributed by atoms with van der Waals surface area (Å²) in [4.78, 5) is 0. The predicted molar refractivity (Wildman–Crippen MR) is 72.3 cm³/mol. The van der Waals surface area contributed by atoms with E-state index in [1.807, 2.05) is 24.3 Å². The third-order valence-electron chi connectivity index (χ3n) is 2.31. The first kappa shape index (κ1) is 11.0. The Morgan fingerprint density at radius 3 is 2.50 bits per heavy atom. The molecule has 0 saturated carbocycles. The van der Waals surface area contributed by atoms with E-state index in [1.54, 1.807) is 0 Å². The van der Waals surface area contributed by atoms with Crippen molar-refractivity contribution in [3.63, 3.8) is 0 Å². The summed E-state index contributed by atoms with van der Waals surface area (Å²) >= 11 is 0. The average Bonchev–Trinajstić information content (AvgIpc) is 2.17. The van der Waals surface area contributed by atoms with E-state index >= 15 is 0 Å². The quantitative estimate of drug-likeness (QED) is 0.632. The molecule has 0 aliphatic carbocycles. The number of hydrogen-bond acceptors (Lipinski definition) is 2. The van der Waals surface area contributed by atoms with E-state index in [1.165, 1.54) is 0 Å². The molecule has 0 bridgehead atoms. The number of rotatable bonds is 2. The first-order valence-electron chi connectivity index (χ1n) is 5.43. The molecule has 3 heteroatoms. The normalized spacial score (nSPS) is 11.7. The van der Waals surface area contributed by atoms with Gasteiger partial charge < -0.3 is 10.2 Å². The maximum atomic E-state index is 5.95. The van der Waals surface area contributed by atoms with Gasteiger partial charge in [-0.25, -0.2) is 0 Å². The van der Waals surface area contributed by atoms with E-state index in [9.17, 15) is 0 Å². The molecule has 0 aliphatic heterocycles. The molecule has 0 aromatic heterocycles. The van der Waals surface area contributed by atoms with Crippen molar-refractivity contribution in [2.24, 2.45) is 0 Å². The maximum Gasteiger partial charge on any atom is 0.242 e.